The molecule has 0 unspecified atom stereocenters. The third kappa shape index (κ3) is 2.06. The highest BCUT2D eigenvalue weighted by atomic mass is 127. The van der Waals surface area contributed by atoms with Crippen LogP contribution in [0.1, 0.15) is 28.0 Å². The molecular formula is C8H7F2IN2O. The first-order valence-corrected chi connectivity index (χ1v) is 4.80. The van der Waals surface area contributed by atoms with Gasteiger partial charge in [0.05, 0.1) is 0 Å². The van der Waals surface area contributed by atoms with E-state index in [1.807, 2.05) is 22.6 Å². The van der Waals surface area contributed by atoms with Crippen LogP contribution in [0, 0.1) is 3.57 Å². The number of alkyl halides is 2. The molecule has 0 amide bonds. The Labute approximate surface area is 92.8 Å². The Morgan fingerprint density at radius 3 is 2.71 bits per heavy atom. The molecule has 76 valence electrons. The first kappa shape index (κ1) is 11.4. The van der Waals surface area contributed by atoms with Crippen LogP contribution in [0.15, 0.2) is 6.20 Å². The summed E-state index contributed by atoms with van der Waals surface area (Å²) < 4.78 is 25.4. The van der Waals surface area contributed by atoms with Crippen LogP contribution in [-0.2, 0) is 6.54 Å². The van der Waals surface area contributed by atoms with Gasteiger partial charge in [-0.3, -0.25) is 9.78 Å². The molecule has 1 rings (SSSR count). The van der Waals surface area contributed by atoms with E-state index in [9.17, 15) is 13.6 Å². The molecule has 0 saturated heterocycles. The number of rotatable bonds is 3. The average Bonchev–Trinajstić information content (AvgIpc) is 2.16. The van der Waals surface area contributed by atoms with Crippen molar-refractivity contribution >= 4 is 28.9 Å². The lowest BCUT2D eigenvalue weighted by Crippen LogP contribution is -2.09. The van der Waals surface area contributed by atoms with Crippen molar-refractivity contribution in [1.29, 1.82) is 0 Å². The minimum absolute atomic E-state index is 0.114. The summed E-state index contributed by atoms with van der Waals surface area (Å²) in [6.07, 6.45) is -0.938. The summed E-state index contributed by atoms with van der Waals surface area (Å²) in [5.41, 5.74) is 5.22. The highest BCUT2D eigenvalue weighted by molar-refractivity contribution is 14.1. The number of nitrogens with two attached hydrogens (primary N) is 1. The summed E-state index contributed by atoms with van der Waals surface area (Å²) in [6, 6.07) is 0. The van der Waals surface area contributed by atoms with E-state index < -0.39 is 12.1 Å². The number of hydrogen-bond acceptors (Lipinski definition) is 3. The van der Waals surface area contributed by atoms with Crippen molar-refractivity contribution in [2.45, 2.75) is 13.0 Å². The summed E-state index contributed by atoms with van der Waals surface area (Å²) in [4.78, 5) is 14.2. The molecule has 0 atom stereocenters. The van der Waals surface area contributed by atoms with E-state index in [4.69, 9.17) is 5.73 Å². The summed E-state index contributed by atoms with van der Waals surface area (Å²) >= 11 is 1.86. The minimum Gasteiger partial charge on any atom is -0.326 e. The Hall–Kier alpha value is -0.630. The van der Waals surface area contributed by atoms with E-state index in [1.54, 1.807) is 0 Å². The number of carbonyl (C=O) groups is 1. The van der Waals surface area contributed by atoms with E-state index >= 15 is 0 Å². The van der Waals surface area contributed by atoms with Crippen LogP contribution in [0.4, 0.5) is 8.78 Å². The fraction of sp³-hybridized carbons (Fsp3) is 0.250. The fourth-order valence-electron chi connectivity index (χ4n) is 1.09. The molecule has 0 aliphatic carbocycles. The molecule has 6 heteroatoms. The van der Waals surface area contributed by atoms with Crippen LogP contribution in [-0.4, -0.2) is 11.3 Å². The highest BCUT2D eigenvalue weighted by Crippen LogP contribution is 2.24. The molecule has 1 heterocycles. The monoisotopic (exact) mass is 312 g/mol. The number of aromatic nitrogens is 1. The van der Waals surface area contributed by atoms with Gasteiger partial charge in [-0.25, -0.2) is 8.78 Å². The van der Waals surface area contributed by atoms with E-state index in [-0.39, 0.29) is 17.7 Å². The standard InChI is InChI=1S/C8H7F2IN2O/c9-8(10)7-4(1-12)5(3-14)6(11)2-13-7/h2-3,8H,1,12H2. The second kappa shape index (κ2) is 4.74. The van der Waals surface area contributed by atoms with E-state index in [2.05, 4.69) is 4.98 Å². The summed E-state index contributed by atoms with van der Waals surface area (Å²) in [6.45, 7) is -0.114. The van der Waals surface area contributed by atoms with Crippen molar-refractivity contribution in [2.75, 3.05) is 0 Å². The van der Waals surface area contributed by atoms with Gasteiger partial charge in [-0.15, -0.1) is 0 Å². The van der Waals surface area contributed by atoms with Gasteiger partial charge in [-0.1, -0.05) is 0 Å². The lowest BCUT2D eigenvalue weighted by atomic mass is 10.1. The molecule has 1 aromatic rings. The molecule has 0 spiro atoms. The molecule has 0 aromatic carbocycles. The number of nitrogens with zero attached hydrogens (tertiary/aromatic N) is 1. The van der Waals surface area contributed by atoms with E-state index in [0.717, 1.165) is 0 Å². The number of pyridine rings is 1. The van der Waals surface area contributed by atoms with Gasteiger partial charge >= 0.3 is 0 Å². The fourth-order valence-corrected chi connectivity index (χ4v) is 1.68. The van der Waals surface area contributed by atoms with Gasteiger partial charge in [0.25, 0.3) is 6.43 Å². The molecule has 14 heavy (non-hydrogen) atoms. The smallest absolute Gasteiger partial charge is 0.280 e. The predicted octanol–water partition coefficient (Wildman–Crippen LogP) is 1.89. The summed E-state index contributed by atoms with van der Waals surface area (Å²) in [5.74, 6) is 0. The van der Waals surface area contributed by atoms with Gasteiger partial charge in [-0.2, -0.15) is 0 Å². The van der Waals surface area contributed by atoms with Crippen molar-refractivity contribution in [2.24, 2.45) is 5.73 Å². The molecule has 0 bridgehead atoms. The quantitative estimate of drug-likeness (QED) is 0.685. The zero-order chi connectivity index (χ0) is 10.7. The first-order chi connectivity index (χ1) is 6.61. The van der Waals surface area contributed by atoms with Crippen LogP contribution in [0.2, 0.25) is 0 Å². The Balaban J connectivity index is 3.40. The maximum Gasteiger partial charge on any atom is 0.280 e. The zero-order valence-corrected chi connectivity index (χ0v) is 9.16. The highest BCUT2D eigenvalue weighted by Gasteiger charge is 2.18. The molecule has 0 fully saturated rings. The number of halogens is 3. The Bertz CT molecular complexity index is 357. The molecule has 3 nitrogen and oxygen atoms in total. The molecule has 0 saturated carbocycles. The largest absolute Gasteiger partial charge is 0.326 e. The Morgan fingerprint density at radius 2 is 2.29 bits per heavy atom. The Kier molecular flexibility index (Phi) is 3.87. The van der Waals surface area contributed by atoms with Gasteiger partial charge in [0.15, 0.2) is 6.29 Å². The second-order valence-electron chi connectivity index (χ2n) is 2.51. The third-order valence-corrected chi connectivity index (χ3v) is 2.60. The Morgan fingerprint density at radius 1 is 1.64 bits per heavy atom. The average molecular weight is 312 g/mol. The van der Waals surface area contributed by atoms with Crippen LogP contribution >= 0.6 is 22.6 Å². The lowest BCUT2D eigenvalue weighted by Gasteiger charge is -2.09. The van der Waals surface area contributed by atoms with Crippen molar-refractivity contribution in [3.8, 4) is 0 Å². The minimum atomic E-state index is -2.70. The van der Waals surface area contributed by atoms with Crippen molar-refractivity contribution in [3.63, 3.8) is 0 Å². The van der Waals surface area contributed by atoms with Crippen molar-refractivity contribution < 1.29 is 13.6 Å². The normalized spacial score (nSPS) is 10.6. The van der Waals surface area contributed by atoms with Crippen LogP contribution < -0.4 is 5.73 Å². The maximum absolute atomic E-state index is 12.4. The third-order valence-electron chi connectivity index (χ3n) is 1.74. The number of aldehydes is 1. The van der Waals surface area contributed by atoms with Crippen LogP contribution in [0.5, 0.6) is 0 Å². The van der Waals surface area contributed by atoms with Gasteiger partial charge in [-0.05, 0) is 22.6 Å². The topological polar surface area (TPSA) is 56.0 Å². The molecule has 0 aliphatic rings. The van der Waals surface area contributed by atoms with E-state index in [0.29, 0.717) is 9.86 Å². The molecule has 0 aliphatic heterocycles. The zero-order valence-electron chi connectivity index (χ0n) is 7.01. The van der Waals surface area contributed by atoms with Gasteiger partial charge in [0.1, 0.15) is 5.69 Å². The second-order valence-corrected chi connectivity index (χ2v) is 3.67. The SMILES string of the molecule is NCc1c(C(F)F)ncc(I)c1C=O. The lowest BCUT2D eigenvalue weighted by molar-refractivity contribution is 0.112. The molecule has 2 N–H and O–H groups in total. The number of hydrogen-bond donors (Lipinski definition) is 1. The van der Waals surface area contributed by atoms with Gasteiger partial charge in [0.2, 0.25) is 0 Å². The summed E-state index contributed by atoms with van der Waals surface area (Å²) in [7, 11) is 0. The molecular weight excluding hydrogens is 305 g/mol. The first-order valence-electron chi connectivity index (χ1n) is 3.72. The van der Waals surface area contributed by atoms with Gasteiger partial charge < -0.3 is 5.73 Å². The predicted molar refractivity (Wildman–Crippen MR) is 55.2 cm³/mol. The van der Waals surface area contributed by atoms with Gasteiger partial charge in [0, 0.05) is 27.4 Å². The number of carbonyl (C=O) groups excluding carboxylic acids is 1. The van der Waals surface area contributed by atoms with E-state index in [1.165, 1.54) is 6.20 Å². The van der Waals surface area contributed by atoms with Crippen LogP contribution in [0.3, 0.4) is 0 Å². The molecule has 0 radical (unpaired) electrons. The van der Waals surface area contributed by atoms with Crippen LogP contribution in [0.25, 0.3) is 0 Å². The van der Waals surface area contributed by atoms with Crippen molar-refractivity contribution in [1.82, 2.24) is 4.98 Å². The van der Waals surface area contributed by atoms with Crippen molar-refractivity contribution in [3.05, 3.63) is 26.6 Å². The maximum atomic E-state index is 12.4. The summed E-state index contributed by atoms with van der Waals surface area (Å²) in [5, 5.41) is 0. The molecule has 1 aromatic heterocycles.